The fraction of sp³-hybridized carbons (Fsp3) is 0.143. The molecular formula is C21H16N6O4S. The summed E-state index contributed by atoms with van der Waals surface area (Å²) in [7, 11) is 1.63. The number of benzene rings is 2. The Hall–Kier alpha value is -3.99. The van der Waals surface area contributed by atoms with Crippen molar-refractivity contribution in [2.45, 2.75) is 17.8 Å². The number of nitrogens with zero attached hydrogens (tertiary/aromatic N) is 6. The molecular weight excluding hydrogens is 432 g/mol. The number of pyridine rings is 1. The molecule has 3 aromatic heterocycles. The molecule has 2 aromatic carbocycles. The molecule has 0 bridgehead atoms. The van der Waals surface area contributed by atoms with Gasteiger partial charge in [-0.15, -0.1) is 10.2 Å². The van der Waals surface area contributed by atoms with E-state index in [0.29, 0.717) is 28.2 Å². The molecule has 0 N–H and O–H groups in total. The summed E-state index contributed by atoms with van der Waals surface area (Å²) in [6, 6.07) is 13.9. The van der Waals surface area contributed by atoms with Crippen LogP contribution in [0.2, 0.25) is 0 Å². The van der Waals surface area contributed by atoms with E-state index in [9.17, 15) is 10.1 Å². The molecule has 0 amide bonds. The smallest absolute Gasteiger partial charge is 0.269 e. The quantitative estimate of drug-likeness (QED) is 0.211. The highest BCUT2D eigenvalue weighted by Gasteiger charge is 2.15. The molecule has 32 heavy (non-hydrogen) atoms. The van der Waals surface area contributed by atoms with Gasteiger partial charge < -0.3 is 9.26 Å². The third kappa shape index (κ3) is 3.52. The Morgan fingerprint density at radius 3 is 2.72 bits per heavy atom. The lowest BCUT2D eigenvalue weighted by molar-refractivity contribution is -0.384. The molecule has 0 spiro atoms. The number of nitro groups is 1. The third-order valence-electron chi connectivity index (χ3n) is 5.00. The van der Waals surface area contributed by atoms with E-state index in [2.05, 4.69) is 20.3 Å². The number of non-ortho nitro benzene ring substituents is 1. The molecule has 0 aliphatic rings. The van der Waals surface area contributed by atoms with Crippen molar-refractivity contribution in [2.75, 3.05) is 7.11 Å². The van der Waals surface area contributed by atoms with Gasteiger partial charge in [-0.25, -0.2) is 0 Å². The van der Waals surface area contributed by atoms with Crippen LogP contribution in [-0.2, 0) is 5.75 Å². The Labute approximate surface area is 185 Å². The molecule has 3 heterocycles. The highest BCUT2D eigenvalue weighted by molar-refractivity contribution is 7.98. The second-order valence-electron chi connectivity index (χ2n) is 6.99. The summed E-state index contributed by atoms with van der Waals surface area (Å²) in [5.41, 5.74) is 3.43. The van der Waals surface area contributed by atoms with Gasteiger partial charge in [-0.1, -0.05) is 16.9 Å². The van der Waals surface area contributed by atoms with Crippen LogP contribution in [0, 0.1) is 17.0 Å². The summed E-state index contributed by atoms with van der Waals surface area (Å²) >= 11 is 1.42. The van der Waals surface area contributed by atoms with Crippen molar-refractivity contribution in [1.82, 2.24) is 24.7 Å². The van der Waals surface area contributed by atoms with E-state index >= 15 is 0 Å². The molecule has 160 valence electrons. The molecule has 5 rings (SSSR count). The number of thioether (sulfide) groups is 1. The largest absolute Gasteiger partial charge is 0.497 e. The van der Waals surface area contributed by atoms with E-state index in [-0.39, 0.29) is 5.69 Å². The fourth-order valence-corrected chi connectivity index (χ4v) is 4.20. The van der Waals surface area contributed by atoms with Gasteiger partial charge in [0.2, 0.25) is 11.7 Å². The van der Waals surface area contributed by atoms with Crippen LogP contribution in [0.15, 0.2) is 58.2 Å². The Kier molecular flexibility index (Phi) is 4.94. The van der Waals surface area contributed by atoms with Gasteiger partial charge in [-0.05, 0) is 42.8 Å². The zero-order chi connectivity index (χ0) is 22.2. The molecule has 0 saturated carbocycles. The summed E-state index contributed by atoms with van der Waals surface area (Å²) in [6.07, 6.45) is 0. The van der Waals surface area contributed by atoms with Crippen LogP contribution in [-0.4, -0.2) is 36.8 Å². The van der Waals surface area contributed by atoms with Crippen LogP contribution in [0.25, 0.3) is 27.9 Å². The van der Waals surface area contributed by atoms with Gasteiger partial charge in [0.1, 0.15) is 5.75 Å². The van der Waals surface area contributed by atoms with Gasteiger partial charge in [0.15, 0.2) is 10.8 Å². The van der Waals surface area contributed by atoms with Crippen molar-refractivity contribution in [3.63, 3.8) is 0 Å². The zero-order valence-corrected chi connectivity index (χ0v) is 17.9. The minimum absolute atomic E-state index is 0.00537. The van der Waals surface area contributed by atoms with Crippen molar-refractivity contribution >= 4 is 34.0 Å². The number of ether oxygens (including phenoxy) is 1. The normalized spacial score (nSPS) is 11.3. The average molecular weight is 448 g/mol. The highest BCUT2D eigenvalue weighted by atomic mass is 32.2. The fourth-order valence-electron chi connectivity index (χ4n) is 3.41. The monoisotopic (exact) mass is 448 g/mol. The SMILES string of the molecule is COc1ccc2c(C)cc3nnc(SCc4nc(-c5ccc([N+](=O)[O-])cc5)no4)n3c2c1. The summed E-state index contributed by atoms with van der Waals surface area (Å²) < 4.78 is 12.7. The van der Waals surface area contributed by atoms with Gasteiger partial charge in [0.25, 0.3) is 5.69 Å². The zero-order valence-electron chi connectivity index (χ0n) is 17.1. The first-order valence-electron chi connectivity index (χ1n) is 9.56. The molecule has 5 aromatic rings. The van der Waals surface area contributed by atoms with Crippen molar-refractivity contribution in [2.24, 2.45) is 0 Å². The van der Waals surface area contributed by atoms with Gasteiger partial charge in [-0.3, -0.25) is 14.5 Å². The van der Waals surface area contributed by atoms with Crippen LogP contribution >= 0.6 is 11.8 Å². The number of hydrogen-bond acceptors (Lipinski definition) is 9. The molecule has 11 heteroatoms. The van der Waals surface area contributed by atoms with Gasteiger partial charge in [-0.2, -0.15) is 4.98 Å². The van der Waals surface area contributed by atoms with Gasteiger partial charge in [0, 0.05) is 29.1 Å². The molecule has 0 fully saturated rings. The van der Waals surface area contributed by atoms with Crippen molar-refractivity contribution < 1.29 is 14.2 Å². The number of hydrogen-bond donors (Lipinski definition) is 0. The highest BCUT2D eigenvalue weighted by Crippen LogP contribution is 2.30. The second-order valence-corrected chi connectivity index (χ2v) is 7.93. The van der Waals surface area contributed by atoms with Gasteiger partial charge in [0.05, 0.1) is 23.3 Å². The van der Waals surface area contributed by atoms with E-state index < -0.39 is 4.92 Å². The van der Waals surface area contributed by atoms with Crippen LogP contribution in [0.1, 0.15) is 11.5 Å². The molecule has 0 atom stereocenters. The van der Waals surface area contributed by atoms with Crippen molar-refractivity contribution in [1.29, 1.82) is 0 Å². The predicted octanol–water partition coefficient (Wildman–Crippen LogP) is 4.45. The van der Waals surface area contributed by atoms with Crippen molar-refractivity contribution in [3.05, 3.63) is 70.1 Å². The molecule has 0 radical (unpaired) electrons. The standard InChI is InChI=1S/C21H16N6O4S/c1-12-9-18-23-24-21(26(18)17-10-15(30-2)7-8-16(12)17)32-11-19-22-20(25-31-19)13-3-5-14(6-4-13)27(28)29/h3-10H,11H2,1-2H3. The lowest BCUT2D eigenvalue weighted by Gasteiger charge is -2.09. The van der Waals surface area contributed by atoms with E-state index in [1.807, 2.05) is 35.6 Å². The topological polar surface area (TPSA) is 121 Å². The number of nitro benzene ring substituents is 1. The van der Waals surface area contributed by atoms with E-state index in [0.717, 1.165) is 27.9 Å². The van der Waals surface area contributed by atoms with E-state index in [4.69, 9.17) is 9.26 Å². The molecule has 0 aliphatic carbocycles. The summed E-state index contributed by atoms with van der Waals surface area (Å²) in [4.78, 5) is 14.8. The Balaban J connectivity index is 1.42. The van der Waals surface area contributed by atoms with Crippen molar-refractivity contribution in [3.8, 4) is 17.1 Å². The average Bonchev–Trinajstić information content (AvgIpc) is 3.44. The van der Waals surface area contributed by atoms with Crippen LogP contribution in [0.3, 0.4) is 0 Å². The first-order valence-corrected chi connectivity index (χ1v) is 10.5. The number of aryl methyl sites for hydroxylation is 1. The summed E-state index contributed by atoms with van der Waals surface area (Å²) in [6.45, 7) is 2.04. The number of aromatic nitrogens is 5. The lowest BCUT2D eigenvalue weighted by Crippen LogP contribution is -1.95. The van der Waals surface area contributed by atoms with Crippen LogP contribution in [0.5, 0.6) is 5.75 Å². The molecule has 0 aliphatic heterocycles. The maximum absolute atomic E-state index is 10.8. The Morgan fingerprint density at radius 1 is 1.16 bits per heavy atom. The molecule has 0 saturated heterocycles. The Morgan fingerprint density at radius 2 is 1.97 bits per heavy atom. The number of rotatable bonds is 6. The number of methoxy groups -OCH3 is 1. The Bertz CT molecular complexity index is 1460. The third-order valence-corrected chi connectivity index (χ3v) is 5.92. The maximum atomic E-state index is 10.8. The summed E-state index contributed by atoms with van der Waals surface area (Å²) in [5, 5.41) is 25.2. The minimum Gasteiger partial charge on any atom is -0.497 e. The first kappa shape index (κ1) is 19.9. The maximum Gasteiger partial charge on any atom is 0.269 e. The van der Waals surface area contributed by atoms with Crippen LogP contribution < -0.4 is 4.74 Å². The lowest BCUT2D eigenvalue weighted by atomic mass is 10.1. The first-order chi connectivity index (χ1) is 15.5. The minimum atomic E-state index is -0.453. The number of fused-ring (bicyclic) bond motifs is 3. The predicted molar refractivity (Wildman–Crippen MR) is 118 cm³/mol. The van der Waals surface area contributed by atoms with E-state index in [1.165, 1.54) is 23.9 Å². The van der Waals surface area contributed by atoms with E-state index in [1.54, 1.807) is 19.2 Å². The second kappa shape index (κ2) is 7.93. The molecule has 0 unspecified atom stereocenters. The van der Waals surface area contributed by atoms with Gasteiger partial charge >= 0.3 is 0 Å². The van der Waals surface area contributed by atoms with Crippen LogP contribution in [0.4, 0.5) is 5.69 Å². The summed E-state index contributed by atoms with van der Waals surface area (Å²) in [5.74, 6) is 1.92. The molecule has 10 nitrogen and oxygen atoms in total.